The fourth-order valence-corrected chi connectivity index (χ4v) is 3.80. The second-order valence-electron chi connectivity index (χ2n) is 4.67. The summed E-state index contributed by atoms with van der Waals surface area (Å²) in [5.41, 5.74) is 1.05. The van der Waals surface area contributed by atoms with E-state index < -0.39 is 12.0 Å². The Morgan fingerprint density at radius 2 is 2.36 bits per heavy atom. The third-order valence-corrected chi connectivity index (χ3v) is 5.03. The Balaban J connectivity index is 2.49. The Kier molecular flexibility index (Phi) is 5.42. The van der Waals surface area contributed by atoms with Crippen molar-refractivity contribution >= 4 is 39.3 Å². The summed E-state index contributed by atoms with van der Waals surface area (Å²) in [5.74, 6) is -0.413. The standard InChI is InChI=1S/C15H17BrN2O3S/c1-4-6-18-9(3)12(14(19)21-5-2)13(17-15(18)20)11-7-10(16)8-22-11/h4,7-8,13H,1,5-6H2,2-3H3,(H,17,20)/t13-/m1/s1. The van der Waals surface area contributed by atoms with Crippen LogP contribution in [0.5, 0.6) is 0 Å². The molecule has 0 aliphatic carbocycles. The maximum absolute atomic E-state index is 12.4. The zero-order valence-electron chi connectivity index (χ0n) is 12.4. The highest BCUT2D eigenvalue weighted by atomic mass is 79.9. The molecule has 1 aliphatic heterocycles. The van der Waals surface area contributed by atoms with E-state index in [0.29, 0.717) is 17.8 Å². The smallest absolute Gasteiger partial charge is 0.338 e. The SMILES string of the molecule is C=CCN1C(=O)N[C@H](c2cc(Br)cs2)C(C(=O)OCC)=C1C. The van der Waals surface area contributed by atoms with E-state index in [0.717, 1.165) is 9.35 Å². The quantitative estimate of drug-likeness (QED) is 0.623. The number of halogens is 1. The zero-order chi connectivity index (χ0) is 16.3. The van der Waals surface area contributed by atoms with Crippen LogP contribution in [-0.4, -0.2) is 30.1 Å². The van der Waals surface area contributed by atoms with Crippen LogP contribution < -0.4 is 5.32 Å². The van der Waals surface area contributed by atoms with Gasteiger partial charge < -0.3 is 10.1 Å². The highest BCUT2D eigenvalue weighted by Crippen LogP contribution is 2.35. The fourth-order valence-electron chi connectivity index (χ4n) is 2.30. The molecule has 2 heterocycles. The minimum absolute atomic E-state index is 0.250. The molecule has 1 N–H and O–H groups in total. The van der Waals surface area contributed by atoms with Crippen LogP contribution in [0.1, 0.15) is 24.8 Å². The highest BCUT2D eigenvalue weighted by Gasteiger charge is 2.36. The number of urea groups is 1. The van der Waals surface area contributed by atoms with Crippen LogP contribution in [-0.2, 0) is 9.53 Å². The maximum Gasteiger partial charge on any atom is 0.338 e. The molecular weight excluding hydrogens is 368 g/mol. The number of carbonyl (C=O) groups is 2. The minimum Gasteiger partial charge on any atom is -0.463 e. The first-order valence-electron chi connectivity index (χ1n) is 6.80. The van der Waals surface area contributed by atoms with E-state index in [1.54, 1.807) is 19.9 Å². The number of hydrogen-bond donors (Lipinski definition) is 1. The number of thiophene rings is 1. The zero-order valence-corrected chi connectivity index (χ0v) is 14.8. The molecule has 0 saturated carbocycles. The van der Waals surface area contributed by atoms with Gasteiger partial charge in [0, 0.05) is 27.0 Å². The first-order chi connectivity index (χ1) is 10.5. The topological polar surface area (TPSA) is 58.6 Å². The Morgan fingerprint density at radius 3 is 2.91 bits per heavy atom. The lowest BCUT2D eigenvalue weighted by atomic mass is 10.0. The normalized spacial score (nSPS) is 18.2. The van der Waals surface area contributed by atoms with E-state index in [-0.39, 0.29) is 12.6 Å². The van der Waals surface area contributed by atoms with Gasteiger partial charge in [-0.25, -0.2) is 9.59 Å². The van der Waals surface area contributed by atoms with Gasteiger partial charge in [0.2, 0.25) is 0 Å². The van der Waals surface area contributed by atoms with Crippen molar-refractivity contribution in [1.29, 1.82) is 0 Å². The van der Waals surface area contributed by atoms with Crippen molar-refractivity contribution in [1.82, 2.24) is 10.2 Å². The summed E-state index contributed by atoms with van der Waals surface area (Å²) in [4.78, 5) is 27.0. The molecule has 0 fully saturated rings. The molecule has 1 atom stereocenters. The van der Waals surface area contributed by atoms with Crippen LogP contribution in [0.4, 0.5) is 4.79 Å². The number of hydrogen-bond acceptors (Lipinski definition) is 4. The molecule has 0 spiro atoms. The molecule has 1 aromatic rings. The van der Waals surface area contributed by atoms with Crippen molar-refractivity contribution in [2.75, 3.05) is 13.2 Å². The molecule has 0 aromatic carbocycles. The van der Waals surface area contributed by atoms with E-state index in [1.165, 1.54) is 16.2 Å². The monoisotopic (exact) mass is 384 g/mol. The molecule has 0 saturated heterocycles. The van der Waals surface area contributed by atoms with Gasteiger partial charge in [-0.2, -0.15) is 0 Å². The molecule has 7 heteroatoms. The fraction of sp³-hybridized carbons (Fsp3) is 0.333. The lowest BCUT2D eigenvalue weighted by Crippen LogP contribution is -2.47. The van der Waals surface area contributed by atoms with E-state index in [4.69, 9.17) is 4.74 Å². The third-order valence-electron chi connectivity index (χ3n) is 3.28. The van der Waals surface area contributed by atoms with Crippen LogP contribution >= 0.6 is 27.3 Å². The molecule has 5 nitrogen and oxygen atoms in total. The predicted molar refractivity (Wildman–Crippen MR) is 89.5 cm³/mol. The van der Waals surface area contributed by atoms with E-state index in [1.807, 2.05) is 11.4 Å². The molecule has 2 amide bonds. The molecule has 118 valence electrons. The summed E-state index contributed by atoms with van der Waals surface area (Å²) < 4.78 is 6.08. The summed E-state index contributed by atoms with van der Waals surface area (Å²) in [6.07, 6.45) is 1.62. The number of allylic oxidation sites excluding steroid dienone is 1. The summed E-state index contributed by atoms with van der Waals surface area (Å²) in [5, 5.41) is 4.78. The van der Waals surface area contributed by atoms with E-state index in [2.05, 4.69) is 27.8 Å². The number of nitrogens with zero attached hydrogens (tertiary/aromatic N) is 1. The van der Waals surface area contributed by atoms with Gasteiger partial charge in [-0.3, -0.25) is 4.90 Å². The van der Waals surface area contributed by atoms with Crippen molar-refractivity contribution < 1.29 is 14.3 Å². The Bertz CT molecular complexity index is 638. The van der Waals surface area contributed by atoms with Gasteiger partial charge in [0.15, 0.2) is 0 Å². The van der Waals surface area contributed by atoms with Crippen LogP contribution in [0.25, 0.3) is 0 Å². The second-order valence-corrected chi connectivity index (χ2v) is 6.53. The Morgan fingerprint density at radius 1 is 1.64 bits per heavy atom. The second kappa shape index (κ2) is 7.11. The largest absolute Gasteiger partial charge is 0.463 e. The average Bonchev–Trinajstić information content (AvgIpc) is 2.89. The summed E-state index contributed by atoms with van der Waals surface area (Å²) in [7, 11) is 0. The lowest BCUT2D eigenvalue weighted by Gasteiger charge is -2.34. The number of amides is 2. The van der Waals surface area contributed by atoms with Crippen LogP contribution in [0.15, 0.2) is 39.8 Å². The lowest BCUT2D eigenvalue weighted by molar-refractivity contribution is -0.139. The van der Waals surface area contributed by atoms with Crippen LogP contribution in [0, 0.1) is 0 Å². The number of nitrogens with one attached hydrogen (secondary N) is 1. The molecule has 22 heavy (non-hydrogen) atoms. The van der Waals surface area contributed by atoms with Crippen molar-refractivity contribution in [2.24, 2.45) is 0 Å². The molecule has 0 bridgehead atoms. The number of rotatable bonds is 5. The predicted octanol–water partition coefficient (Wildman–Crippen LogP) is 3.60. The molecule has 1 aliphatic rings. The first-order valence-corrected chi connectivity index (χ1v) is 8.47. The van der Waals surface area contributed by atoms with Crippen molar-refractivity contribution in [2.45, 2.75) is 19.9 Å². The summed E-state index contributed by atoms with van der Waals surface area (Å²) in [6.45, 7) is 7.78. The van der Waals surface area contributed by atoms with Gasteiger partial charge in [-0.15, -0.1) is 17.9 Å². The molecule has 2 rings (SSSR count). The van der Waals surface area contributed by atoms with Gasteiger partial charge in [0.25, 0.3) is 0 Å². The molecule has 1 aromatic heterocycles. The maximum atomic E-state index is 12.4. The van der Waals surface area contributed by atoms with Crippen molar-refractivity contribution in [3.8, 4) is 0 Å². The minimum atomic E-state index is -0.496. The molecule has 0 unspecified atom stereocenters. The van der Waals surface area contributed by atoms with E-state index >= 15 is 0 Å². The van der Waals surface area contributed by atoms with Gasteiger partial charge in [-0.05, 0) is 35.8 Å². The third kappa shape index (κ3) is 3.25. The Labute approximate surface area is 141 Å². The van der Waals surface area contributed by atoms with E-state index in [9.17, 15) is 9.59 Å². The highest BCUT2D eigenvalue weighted by molar-refractivity contribution is 9.10. The Hall–Kier alpha value is -1.60. The number of esters is 1. The average molecular weight is 385 g/mol. The summed E-state index contributed by atoms with van der Waals surface area (Å²) >= 11 is 4.87. The van der Waals surface area contributed by atoms with Gasteiger partial charge in [0.1, 0.15) is 0 Å². The number of carbonyl (C=O) groups excluding carboxylic acids is 2. The first kappa shape index (κ1) is 16.8. The van der Waals surface area contributed by atoms with Gasteiger partial charge in [0.05, 0.1) is 18.2 Å². The summed E-state index contributed by atoms with van der Waals surface area (Å²) in [6, 6.07) is 1.15. The van der Waals surface area contributed by atoms with Crippen LogP contribution in [0.2, 0.25) is 0 Å². The molecular formula is C15H17BrN2O3S. The van der Waals surface area contributed by atoms with Crippen molar-refractivity contribution in [3.05, 3.63) is 44.7 Å². The van der Waals surface area contributed by atoms with Crippen LogP contribution in [0.3, 0.4) is 0 Å². The number of ether oxygens (including phenoxy) is 1. The van der Waals surface area contributed by atoms with Crippen molar-refractivity contribution in [3.63, 3.8) is 0 Å². The van der Waals surface area contributed by atoms with Gasteiger partial charge in [-0.1, -0.05) is 6.08 Å². The molecule has 0 radical (unpaired) electrons. The van der Waals surface area contributed by atoms with Gasteiger partial charge >= 0.3 is 12.0 Å².